The van der Waals surface area contributed by atoms with E-state index in [1.54, 1.807) is 0 Å². The summed E-state index contributed by atoms with van der Waals surface area (Å²) in [6, 6.07) is 17.6. The van der Waals surface area contributed by atoms with E-state index in [0.717, 1.165) is 37.1 Å². The summed E-state index contributed by atoms with van der Waals surface area (Å²) in [6.45, 7) is 3.01. The summed E-state index contributed by atoms with van der Waals surface area (Å²) in [5, 5.41) is 3.14. The van der Waals surface area contributed by atoms with Gasteiger partial charge in [0.25, 0.3) is 11.8 Å². The van der Waals surface area contributed by atoms with E-state index in [1.165, 1.54) is 0 Å². The van der Waals surface area contributed by atoms with E-state index >= 15 is 0 Å². The number of nitrogens with zero attached hydrogens (tertiary/aromatic N) is 3. The zero-order valence-corrected chi connectivity index (χ0v) is 20.0. The van der Waals surface area contributed by atoms with Crippen LogP contribution in [0.5, 0.6) is 0 Å². The monoisotopic (exact) mass is 472 g/mol. The third-order valence-electron chi connectivity index (χ3n) is 8.36. The fourth-order valence-corrected chi connectivity index (χ4v) is 6.89. The van der Waals surface area contributed by atoms with E-state index in [4.69, 9.17) is 0 Å². The van der Waals surface area contributed by atoms with Crippen molar-refractivity contribution in [2.75, 3.05) is 37.6 Å². The Balaban J connectivity index is 1.35. The minimum absolute atomic E-state index is 0.00630. The molecule has 0 aliphatic carbocycles. The van der Waals surface area contributed by atoms with Gasteiger partial charge in [-0.15, -0.1) is 0 Å². The number of benzene rings is 2. The molecule has 2 aromatic carbocycles. The first-order chi connectivity index (χ1) is 17.1. The molecule has 3 saturated heterocycles. The topological polar surface area (TPSA) is 73.0 Å². The second-order valence-electron chi connectivity index (χ2n) is 10.2. The summed E-state index contributed by atoms with van der Waals surface area (Å²) in [6.07, 6.45) is 4.19. The number of hydrogen-bond donors (Lipinski definition) is 1. The lowest BCUT2D eigenvalue weighted by molar-refractivity contribution is -0.138. The van der Waals surface area contributed by atoms with Crippen molar-refractivity contribution in [2.45, 2.75) is 43.7 Å². The summed E-state index contributed by atoms with van der Waals surface area (Å²) in [5.41, 5.74) is 1.65. The molecular formula is C28H32N4O3. The van der Waals surface area contributed by atoms with E-state index in [2.05, 4.69) is 10.2 Å². The van der Waals surface area contributed by atoms with Crippen LogP contribution in [0.15, 0.2) is 54.6 Å². The Bertz CT molecular complexity index is 1150. The van der Waals surface area contributed by atoms with Crippen molar-refractivity contribution >= 4 is 23.4 Å². The van der Waals surface area contributed by atoms with Gasteiger partial charge in [-0.1, -0.05) is 36.4 Å². The maximum atomic E-state index is 14.3. The zero-order chi connectivity index (χ0) is 24.0. The zero-order valence-electron chi connectivity index (χ0n) is 20.0. The van der Waals surface area contributed by atoms with Gasteiger partial charge in [-0.25, -0.2) is 0 Å². The van der Waals surface area contributed by atoms with Gasteiger partial charge in [-0.2, -0.15) is 0 Å². The predicted octanol–water partition coefficient (Wildman–Crippen LogP) is 2.77. The highest BCUT2D eigenvalue weighted by molar-refractivity contribution is 6.11. The molecule has 0 saturated carbocycles. The fourth-order valence-electron chi connectivity index (χ4n) is 6.89. The molecule has 3 atom stereocenters. The molecule has 3 amide bonds. The van der Waals surface area contributed by atoms with Gasteiger partial charge in [0, 0.05) is 49.0 Å². The molecule has 0 aromatic heterocycles. The lowest BCUT2D eigenvalue weighted by Gasteiger charge is -2.37. The molecule has 7 nitrogen and oxygen atoms in total. The van der Waals surface area contributed by atoms with Crippen LogP contribution in [0.3, 0.4) is 0 Å². The summed E-state index contributed by atoms with van der Waals surface area (Å²) in [5.74, 6) is -0.407. The Kier molecular flexibility index (Phi) is 5.60. The average Bonchev–Trinajstić information content (AvgIpc) is 3.54. The molecule has 1 N–H and O–H groups in total. The maximum absolute atomic E-state index is 14.3. The maximum Gasteiger partial charge on any atom is 0.253 e. The molecule has 4 aliphatic rings. The highest BCUT2D eigenvalue weighted by atomic mass is 16.2. The van der Waals surface area contributed by atoms with Gasteiger partial charge in [0.2, 0.25) is 5.91 Å². The number of nitrogens with one attached hydrogen (secondary N) is 1. The van der Waals surface area contributed by atoms with Crippen LogP contribution in [0.25, 0.3) is 0 Å². The van der Waals surface area contributed by atoms with E-state index in [-0.39, 0.29) is 23.8 Å². The first kappa shape index (κ1) is 22.3. The van der Waals surface area contributed by atoms with Gasteiger partial charge >= 0.3 is 0 Å². The number of anilines is 1. The van der Waals surface area contributed by atoms with Gasteiger partial charge in [0.15, 0.2) is 0 Å². The van der Waals surface area contributed by atoms with Crippen LogP contribution in [0.4, 0.5) is 5.69 Å². The molecule has 1 spiro atoms. The molecule has 7 heteroatoms. The second kappa shape index (κ2) is 8.79. The molecule has 4 heterocycles. The number of fused-ring (bicyclic) bond motifs is 4. The van der Waals surface area contributed by atoms with E-state index in [0.29, 0.717) is 44.6 Å². The normalized spacial score (nSPS) is 28.9. The highest BCUT2D eigenvalue weighted by Gasteiger charge is 2.66. The fraction of sp³-hybridized carbons (Fsp3) is 0.464. The Hall–Kier alpha value is -3.19. The highest BCUT2D eigenvalue weighted by Crippen LogP contribution is 2.57. The van der Waals surface area contributed by atoms with Crippen molar-refractivity contribution in [3.63, 3.8) is 0 Å². The summed E-state index contributed by atoms with van der Waals surface area (Å²) < 4.78 is 0. The number of carbonyl (C=O) groups is 3. The van der Waals surface area contributed by atoms with Crippen molar-refractivity contribution in [2.24, 2.45) is 5.92 Å². The first-order valence-corrected chi connectivity index (χ1v) is 12.9. The van der Waals surface area contributed by atoms with Crippen molar-refractivity contribution in [1.82, 2.24) is 15.1 Å². The van der Waals surface area contributed by atoms with E-state index in [9.17, 15) is 14.4 Å². The quantitative estimate of drug-likeness (QED) is 0.693. The van der Waals surface area contributed by atoms with Crippen LogP contribution < -0.4 is 10.2 Å². The molecule has 4 aliphatic heterocycles. The number of hydrogen-bond acceptors (Lipinski definition) is 4. The number of amides is 3. The molecule has 35 heavy (non-hydrogen) atoms. The molecule has 6 rings (SSSR count). The third-order valence-corrected chi connectivity index (χ3v) is 8.36. The van der Waals surface area contributed by atoms with Gasteiger partial charge in [0.1, 0.15) is 5.54 Å². The van der Waals surface area contributed by atoms with Crippen molar-refractivity contribution < 1.29 is 14.4 Å². The van der Waals surface area contributed by atoms with Crippen molar-refractivity contribution in [1.29, 1.82) is 0 Å². The Labute approximate surface area is 206 Å². The van der Waals surface area contributed by atoms with Crippen LogP contribution in [0, 0.1) is 5.92 Å². The third kappa shape index (κ3) is 3.39. The molecule has 2 aromatic rings. The van der Waals surface area contributed by atoms with Gasteiger partial charge in [-0.3, -0.25) is 19.3 Å². The SMILES string of the molecule is O=C1NCCCN(C(=O)c2ccccc2)CCCN2C(=O)[C@@]3(c4ccccc42)[C@@H]1C[C@@H]1CCCN13. The second-order valence-corrected chi connectivity index (χ2v) is 10.2. The molecule has 0 radical (unpaired) electrons. The Morgan fingerprint density at radius 1 is 0.886 bits per heavy atom. The Morgan fingerprint density at radius 2 is 1.66 bits per heavy atom. The van der Waals surface area contributed by atoms with Gasteiger partial charge < -0.3 is 15.1 Å². The molecule has 182 valence electrons. The summed E-state index contributed by atoms with van der Waals surface area (Å²) in [7, 11) is 0. The van der Waals surface area contributed by atoms with Crippen molar-refractivity contribution in [3.8, 4) is 0 Å². The number of para-hydroxylation sites is 1. The minimum atomic E-state index is -0.907. The summed E-state index contributed by atoms with van der Waals surface area (Å²) in [4.78, 5) is 47.2. The summed E-state index contributed by atoms with van der Waals surface area (Å²) >= 11 is 0. The van der Waals surface area contributed by atoms with Crippen LogP contribution >= 0.6 is 0 Å². The molecular weight excluding hydrogens is 440 g/mol. The van der Waals surface area contributed by atoms with Crippen LogP contribution in [-0.2, 0) is 15.1 Å². The molecule has 3 fully saturated rings. The first-order valence-electron chi connectivity index (χ1n) is 12.9. The lowest BCUT2D eigenvalue weighted by atomic mass is 9.78. The van der Waals surface area contributed by atoms with Crippen molar-refractivity contribution in [3.05, 3.63) is 65.7 Å². The number of carbonyl (C=O) groups excluding carboxylic acids is 3. The van der Waals surface area contributed by atoms with Gasteiger partial charge in [0.05, 0.1) is 5.92 Å². The lowest BCUT2D eigenvalue weighted by Crippen LogP contribution is -2.56. The average molecular weight is 473 g/mol. The standard InChI is InChI=1S/C28H32N4O3/c33-25-23-19-21-11-6-18-32(21)28(23)22-12-4-5-13-24(22)31(27(28)35)17-8-16-30(15-7-14-29-25)26(34)20-9-2-1-3-10-20/h1-5,9-10,12-13,21,23H,6-8,11,14-19H2,(H,29,33)/t21-,23+,28+/m0/s1. The largest absolute Gasteiger partial charge is 0.356 e. The van der Waals surface area contributed by atoms with Crippen LogP contribution in [0.2, 0.25) is 0 Å². The van der Waals surface area contributed by atoms with E-state index < -0.39 is 11.5 Å². The Morgan fingerprint density at radius 3 is 2.51 bits per heavy atom. The minimum Gasteiger partial charge on any atom is -0.356 e. The predicted molar refractivity (Wildman–Crippen MR) is 133 cm³/mol. The number of rotatable bonds is 1. The molecule has 0 unspecified atom stereocenters. The molecule has 2 bridgehead atoms. The van der Waals surface area contributed by atoms with E-state index in [1.807, 2.05) is 64.4 Å². The van der Waals surface area contributed by atoms with Crippen LogP contribution in [0.1, 0.15) is 48.0 Å². The smallest absolute Gasteiger partial charge is 0.253 e. The van der Waals surface area contributed by atoms with Crippen LogP contribution in [-0.4, -0.2) is 66.3 Å². The van der Waals surface area contributed by atoms with Gasteiger partial charge in [-0.05, 0) is 56.8 Å².